The number of amides is 1. The van der Waals surface area contributed by atoms with Crippen LogP contribution in [-0.4, -0.2) is 10.9 Å². The summed E-state index contributed by atoms with van der Waals surface area (Å²) in [5.41, 5.74) is 10.2. The van der Waals surface area contributed by atoms with E-state index >= 15 is 0 Å². The Balaban J connectivity index is 2.34. The molecular weight excluding hydrogens is 285 g/mol. The maximum atomic E-state index is 12.6. The number of anilines is 3. The van der Waals surface area contributed by atoms with E-state index in [-0.39, 0.29) is 22.9 Å². The van der Waals surface area contributed by atoms with Crippen LogP contribution in [0.15, 0.2) is 36.4 Å². The molecule has 0 radical (unpaired) electrons. The molecule has 1 heterocycles. The number of halogens is 3. The molecule has 0 aliphatic rings. The average Bonchev–Trinajstić information content (AvgIpc) is 2.40. The lowest BCUT2D eigenvalue weighted by Gasteiger charge is -2.12. The Labute approximate surface area is 117 Å². The third-order valence-electron chi connectivity index (χ3n) is 2.63. The highest BCUT2D eigenvalue weighted by Crippen LogP contribution is 2.31. The highest BCUT2D eigenvalue weighted by atomic mass is 19.4. The van der Waals surface area contributed by atoms with Gasteiger partial charge in [0.1, 0.15) is 5.69 Å². The first kappa shape index (κ1) is 14.6. The minimum atomic E-state index is -4.45. The van der Waals surface area contributed by atoms with Crippen molar-refractivity contribution in [2.45, 2.75) is 6.18 Å². The SMILES string of the molecule is NC(=O)c1ccc(N)c(Nc2cccc(C(F)(F)F)c2)n1. The average molecular weight is 296 g/mol. The van der Waals surface area contributed by atoms with Gasteiger partial charge in [-0.3, -0.25) is 4.79 Å². The fourth-order valence-electron chi connectivity index (χ4n) is 1.62. The quantitative estimate of drug-likeness (QED) is 0.811. The number of nitrogens with zero attached hydrogens (tertiary/aromatic N) is 1. The van der Waals surface area contributed by atoms with Crippen LogP contribution in [0.5, 0.6) is 0 Å². The molecule has 0 unspecified atom stereocenters. The van der Waals surface area contributed by atoms with Gasteiger partial charge in [-0.05, 0) is 30.3 Å². The van der Waals surface area contributed by atoms with Crippen molar-refractivity contribution in [2.75, 3.05) is 11.1 Å². The van der Waals surface area contributed by atoms with Crippen molar-refractivity contribution in [3.05, 3.63) is 47.7 Å². The van der Waals surface area contributed by atoms with Crippen molar-refractivity contribution in [3.63, 3.8) is 0 Å². The molecule has 1 amide bonds. The van der Waals surface area contributed by atoms with E-state index in [0.717, 1.165) is 12.1 Å². The van der Waals surface area contributed by atoms with Gasteiger partial charge in [-0.1, -0.05) is 6.07 Å². The monoisotopic (exact) mass is 296 g/mol. The van der Waals surface area contributed by atoms with Crippen molar-refractivity contribution in [2.24, 2.45) is 5.73 Å². The number of carbonyl (C=O) groups is 1. The Kier molecular flexibility index (Phi) is 3.70. The molecule has 2 rings (SSSR count). The summed E-state index contributed by atoms with van der Waals surface area (Å²) in [7, 11) is 0. The Morgan fingerprint density at radius 2 is 1.90 bits per heavy atom. The minimum absolute atomic E-state index is 0.0429. The van der Waals surface area contributed by atoms with Crippen LogP contribution in [0, 0.1) is 0 Å². The molecule has 0 atom stereocenters. The van der Waals surface area contributed by atoms with E-state index in [9.17, 15) is 18.0 Å². The zero-order valence-electron chi connectivity index (χ0n) is 10.6. The molecule has 21 heavy (non-hydrogen) atoms. The number of pyridine rings is 1. The van der Waals surface area contributed by atoms with Gasteiger partial charge in [0, 0.05) is 5.69 Å². The van der Waals surface area contributed by atoms with Crippen LogP contribution < -0.4 is 16.8 Å². The Bertz CT molecular complexity index is 685. The van der Waals surface area contributed by atoms with Gasteiger partial charge < -0.3 is 16.8 Å². The number of primary amides is 1. The smallest absolute Gasteiger partial charge is 0.396 e. The van der Waals surface area contributed by atoms with Gasteiger partial charge in [-0.2, -0.15) is 13.2 Å². The summed E-state index contributed by atoms with van der Waals surface area (Å²) in [5.74, 6) is -0.701. The number of nitrogens with one attached hydrogen (secondary N) is 1. The van der Waals surface area contributed by atoms with Crippen LogP contribution in [0.1, 0.15) is 16.1 Å². The van der Waals surface area contributed by atoms with Gasteiger partial charge in [0.2, 0.25) is 0 Å². The molecule has 0 saturated heterocycles. The van der Waals surface area contributed by atoms with E-state index in [1.807, 2.05) is 0 Å². The predicted molar refractivity (Wildman–Crippen MR) is 71.9 cm³/mol. The Hall–Kier alpha value is -2.77. The molecule has 2 aromatic rings. The zero-order valence-corrected chi connectivity index (χ0v) is 10.6. The van der Waals surface area contributed by atoms with E-state index in [1.54, 1.807) is 0 Å². The lowest BCUT2D eigenvalue weighted by atomic mass is 10.2. The van der Waals surface area contributed by atoms with E-state index in [2.05, 4.69) is 10.3 Å². The molecule has 5 N–H and O–H groups in total. The summed E-state index contributed by atoms with van der Waals surface area (Å²) < 4.78 is 37.9. The van der Waals surface area contributed by atoms with Crippen molar-refractivity contribution >= 4 is 23.1 Å². The number of nitrogens with two attached hydrogens (primary N) is 2. The summed E-state index contributed by atoms with van der Waals surface area (Å²) in [6.07, 6.45) is -4.45. The second-order valence-corrected chi connectivity index (χ2v) is 4.20. The van der Waals surface area contributed by atoms with E-state index in [4.69, 9.17) is 11.5 Å². The maximum Gasteiger partial charge on any atom is 0.416 e. The topological polar surface area (TPSA) is 94.0 Å². The van der Waals surface area contributed by atoms with E-state index in [0.29, 0.717) is 0 Å². The number of hydrogen-bond donors (Lipinski definition) is 3. The van der Waals surface area contributed by atoms with E-state index in [1.165, 1.54) is 24.3 Å². The molecule has 110 valence electrons. The molecule has 8 heteroatoms. The lowest BCUT2D eigenvalue weighted by molar-refractivity contribution is -0.137. The zero-order chi connectivity index (χ0) is 15.6. The summed E-state index contributed by atoms with van der Waals surface area (Å²) >= 11 is 0. The summed E-state index contributed by atoms with van der Waals surface area (Å²) in [6, 6.07) is 7.25. The van der Waals surface area contributed by atoms with Gasteiger partial charge >= 0.3 is 6.18 Å². The highest BCUT2D eigenvalue weighted by Gasteiger charge is 2.30. The van der Waals surface area contributed by atoms with Crippen LogP contribution in [-0.2, 0) is 6.18 Å². The second kappa shape index (κ2) is 5.31. The number of carbonyl (C=O) groups excluding carboxylic acids is 1. The summed E-state index contributed by atoms with van der Waals surface area (Å²) in [5, 5.41) is 2.64. The number of nitrogen functional groups attached to an aromatic ring is 1. The lowest BCUT2D eigenvalue weighted by Crippen LogP contribution is -2.14. The number of benzene rings is 1. The van der Waals surface area contributed by atoms with Crippen molar-refractivity contribution in [1.82, 2.24) is 4.98 Å². The van der Waals surface area contributed by atoms with Gasteiger partial charge in [0.25, 0.3) is 5.91 Å². The third-order valence-corrected chi connectivity index (χ3v) is 2.63. The van der Waals surface area contributed by atoms with Crippen molar-refractivity contribution in [3.8, 4) is 0 Å². The van der Waals surface area contributed by atoms with Gasteiger partial charge in [-0.25, -0.2) is 4.98 Å². The fourth-order valence-corrected chi connectivity index (χ4v) is 1.62. The van der Waals surface area contributed by atoms with Crippen LogP contribution in [0.4, 0.5) is 30.4 Å². The van der Waals surface area contributed by atoms with Gasteiger partial charge in [0.15, 0.2) is 5.82 Å². The van der Waals surface area contributed by atoms with Gasteiger partial charge in [-0.15, -0.1) is 0 Å². The molecule has 1 aromatic carbocycles. The third kappa shape index (κ3) is 3.41. The largest absolute Gasteiger partial charge is 0.416 e. The normalized spacial score (nSPS) is 11.2. The summed E-state index contributed by atoms with van der Waals surface area (Å²) in [4.78, 5) is 14.9. The Morgan fingerprint density at radius 1 is 1.19 bits per heavy atom. The number of aromatic nitrogens is 1. The molecule has 0 fully saturated rings. The molecule has 0 bridgehead atoms. The maximum absolute atomic E-state index is 12.6. The van der Waals surface area contributed by atoms with Crippen LogP contribution >= 0.6 is 0 Å². The first-order valence-corrected chi connectivity index (χ1v) is 5.78. The van der Waals surface area contributed by atoms with Crippen molar-refractivity contribution < 1.29 is 18.0 Å². The molecular formula is C13H11F3N4O. The summed E-state index contributed by atoms with van der Waals surface area (Å²) in [6.45, 7) is 0. The molecule has 0 saturated carbocycles. The van der Waals surface area contributed by atoms with Crippen LogP contribution in [0.3, 0.4) is 0 Å². The minimum Gasteiger partial charge on any atom is -0.396 e. The standard InChI is InChI=1S/C13H11F3N4O/c14-13(15,16)7-2-1-3-8(6-7)19-12-9(17)4-5-10(20-12)11(18)21/h1-6H,17H2,(H2,18,21)(H,19,20). The van der Waals surface area contributed by atoms with Crippen LogP contribution in [0.25, 0.3) is 0 Å². The van der Waals surface area contributed by atoms with E-state index < -0.39 is 17.6 Å². The Morgan fingerprint density at radius 3 is 2.52 bits per heavy atom. The van der Waals surface area contributed by atoms with Crippen LogP contribution in [0.2, 0.25) is 0 Å². The van der Waals surface area contributed by atoms with Crippen molar-refractivity contribution in [1.29, 1.82) is 0 Å². The second-order valence-electron chi connectivity index (χ2n) is 4.20. The molecule has 0 spiro atoms. The number of hydrogen-bond acceptors (Lipinski definition) is 4. The molecule has 0 aliphatic carbocycles. The fraction of sp³-hybridized carbons (Fsp3) is 0.0769. The van der Waals surface area contributed by atoms with Gasteiger partial charge in [0.05, 0.1) is 11.3 Å². The first-order valence-electron chi connectivity index (χ1n) is 5.78. The molecule has 1 aromatic heterocycles. The first-order chi connectivity index (χ1) is 9.77. The molecule has 0 aliphatic heterocycles. The number of alkyl halides is 3. The highest BCUT2D eigenvalue weighted by molar-refractivity contribution is 5.92. The number of rotatable bonds is 3. The molecule has 5 nitrogen and oxygen atoms in total. The predicted octanol–water partition coefficient (Wildman–Crippen LogP) is 2.53.